The molecule has 0 aromatic heterocycles. The first-order chi connectivity index (χ1) is 9.93. The molecule has 2 aromatic carbocycles. The predicted molar refractivity (Wildman–Crippen MR) is 73.6 cm³/mol. The third-order valence-corrected chi connectivity index (χ3v) is 4.37. The average molecular weight is 305 g/mol. The first-order valence-corrected chi connectivity index (χ1v) is 7.30. The van der Waals surface area contributed by atoms with Crippen molar-refractivity contribution >= 4 is 15.9 Å². The first-order valence-electron chi connectivity index (χ1n) is 5.81. The number of nitrogens with zero attached hydrogens (tertiary/aromatic N) is 1. The van der Waals surface area contributed by atoms with E-state index in [2.05, 4.69) is 0 Å². The summed E-state index contributed by atoms with van der Waals surface area (Å²) in [4.78, 5) is -0.681. The molecule has 0 atom stereocenters. The lowest BCUT2D eigenvalue weighted by Gasteiger charge is -2.03. The van der Waals surface area contributed by atoms with Crippen LogP contribution in [0.2, 0.25) is 0 Å². The van der Waals surface area contributed by atoms with Crippen LogP contribution in [0.1, 0.15) is 5.56 Å². The SMILES string of the molecule is N#CC(=Cc1ccc(F)cc1)S(=O)(=O)c1ccc(F)cc1. The van der Waals surface area contributed by atoms with Crippen LogP contribution in [-0.2, 0) is 9.84 Å². The molecule has 0 fully saturated rings. The second-order valence-corrected chi connectivity index (χ2v) is 6.05. The number of hydrogen-bond acceptors (Lipinski definition) is 3. The minimum absolute atomic E-state index is 0.182. The summed E-state index contributed by atoms with van der Waals surface area (Å²) in [6.07, 6.45) is 1.14. The lowest BCUT2D eigenvalue weighted by molar-refractivity contribution is 0.601. The number of halogens is 2. The Kier molecular flexibility index (Phi) is 4.15. The van der Waals surface area contributed by atoms with Crippen LogP contribution < -0.4 is 0 Å². The van der Waals surface area contributed by atoms with Crippen molar-refractivity contribution in [1.82, 2.24) is 0 Å². The molecule has 2 rings (SSSR count). The van der Waals surface area contributed by atoms with Gasteiger partial charge in [0.1, 0.15) is 22.6 Å². The zero-order valence-corrected chi connectivity index (χ0v) is 11.4. The van der Waals surface area contributed by atoms with Gasteiger partial charge in [-0.05, 0) is 48.0 Å². The zero-order valence-electron chi connectivity index (χ0n) is 10.6. The predicted octanol–water partition coefficient (Wildman–Crippen LogP) is 3.30. The van der Waals surface area contributed by atoms with Gasteiger partial charge in [-0.25, -0.2) is 17.2 Å². The molecule has 0 amide bonds. The highest BCUT2D eigenvalue weighted by Gasteiger charge is 2.20. The van der Waals surface area contributed by atoms with Gasteiger partial charge in [0, 0.05) is 0 Å². The fraction of sp³-hybridized carbons (Fsp3) is 0. The molecular formula is C15H9F2NO2S. The average Bonchev–Trinajstić information content (AvgIpc) is 2.47. The minimum atomic E-state index is -4.04. The van der Waals surface area contributed by atoms with E-state index in [0.29, 0.717) is 5.56 Å². The van der Waals surface area contributed by atoms with Crippen LogP contribution in [0, 0.1) is 23.0 Å². The summed E-state index contributed by atoms with van der Waals surface area (Å²) in [5.41, 5.74) is 0.374. The largest absolute Gasteiger partial charge is 0.218 e. The molecule has 0 spiro atoms. The Labute approximate surface area is 120 Å². The highest BCUT2D eigenvalue weighted by Crippen LogP contribution is 2.21. The van der Waals surface area contributed by atoms with Crippen molar-refractivity contribution in [2.75, 3.05) is 0 Å². The molecule has 0 aliphatic rings. The van der Waals surface area contributed by atoms with Gasteiger partial charge in [-0.15, -0.1) is 0 Å². The standard InChI is InChI=1S/C15H9F2NO2S/c16-12-3-1-11(2-4-12)9-15(10-18)21(19,20)14-7-5-13(17)6-8-14/h1-9H. The van der Waals surface area contributed by atoms with Gasteiger partial charge in [-0.3, -0.25) is 0 Å². The second kappa shape index (κ2) is 5.85. The van der Waals surface area contributed by atoms with Crippen LogP contribution in [0.3, 0.4) is 0 Å². The molecule has 0 aliphatic heterocycles. The highest BCUT2D eigenvalue weighted by atomic mass is 32.2. The Morgan fingerprint density at radius 3 is 1.90 bits per heavy atom. The van der Waals surface area contributed by atoms with Crippen LogP contribution >= 0.6 is 0 Å². The number of sulfone groups is 1. The molecule has 106 valence electrons. The van der Waals surface area contributed by atoms with Gasteiger partial charge >= 0.3 is 0 Å². The van der Waals surface area contributed by atoms with Gasteiger partial charge < -0.3 is 0 Å². The Balaban J connectivity index is 2.47. The summed E-state index contributed by atoms with van der Waals surface area (Å²) in [5.74, 6) is -1.04. The molecule has 0 bridgehead atoms. The van der Waals surface area contributed by atoms with Gasteiger partial charge in [0.25, 0.3) is 0 Å². The van der Waals surface area contributed by atoms with Gasteiger partial charge in [-0.2, -0.15) is 5.26 Å². The number of nitriles is 1. The lowest BCUT2D eigenvalue weighted by Crippen LogP contribution is -2.03. The van der Waals surface area contributed by atoms with Crippen molar-refractivity contribution in [1.29, 1.82) is 5.26 Å². The van der Waals surface area contributed by atoms with Crippen LogP contribution in [0.5, 0.6) is 0 Å². The van der Waals surface area contributed by atoms with Crippen molar-refractivity contribution < 1.29 is 17.2 Å². The first kappa shape index (κ1) is 14.9. The second-order valence-electron chi connectivity index (χ2n) is 4.13. The molecule has 0 aliphatic carbocycles. The summed E-state index contributed by atoms with van der Waals surface area (Å²) in [7, 11) is -4.04. The van der Waals surface area contributed by atoms with Crippen molar-refractivity contribution in [2.45, 2.75) is 4.90 Å². The van der Waals surface area contributed by atoms with Gasteiger partial charge in [0.2, 0.25) is 9.84 Å². The van der Waals surface area contributed by atoms with E-state index in [0.717, 1.165) is 42.5 Å². The maximum absolute atomic E-state index is 12.8. The van der Waals surface area contributed by atoms with E-state index in [1.54, 1.807) is 6.07 Å². The highest BCUT2D eigenvalue weighted by molar-refractivity contribution is 7.95. The molecule has 3 nitrogen and oxygen atoms in total. The zero-order chi connectivity index (χ0) is 15.5. The maximum Gasteiger partial charge on any atom is 0.216 e. The van der Waals surface area contributed by atoms with E-state index in [9.17, 15) is 17.2 Å². The Morgan fingerprint density at radius 1 is 0.952 bits per heavy atom. The third kappa shape index (κ3) is 3.33. The van der Waals surface area contributed by atoms with E-state index in [-0.39, 0.29) is 4.90 Å². The van der Waals surface area contributed by atoms with Gasteiger partial charge in [-0.1, -0.05) is 12.1 Å². The number of allylic oxidation sites excluding steroid dienone is 1. The summed E-state index contributed by atoms with van der Waals surface area (Å²) < 4.78 is 50.2. The van der Waals surface area contributed by atoms with Gasteiger partial charge in [0.05, 0.1) is 4.90 Å². The molecule has 0 saturated carbocycles. The fourth-order valence-electron chi connectivity index (χ4n) is 1.62. The molecule has 0 N–H and O–H groups in total. The van der Waals surface area contributed by atoms with E-state index < -0.39 is 26.4 Å². The number of hydrogen-bond donors (Lipinski definition) is 0. The number of rotatable bonds is 3. The Bertz CT molecular complexity index is 817. The van der Waals surface area contributed by atoms with Gasteiger partial charge in [0.15, 0.2) is 0 Å². The molecule has 0 heterocycles. The van der Waals surface area contributed by atoms with E-state index in [1.807, 2.05) is 0 Å². The summed E-state index contributed by atoms with van der Waals surface area (Å²) >= 11 is 0. The summed E-state index contributed by atoms with van der Waals surface area (Å²) in [5, 5.41) is 9.05. The van der Waals surface area contributed by atoms with Crippen molar-refractivity contribution in [3.05, 3.63) is 70.6 Å². The van der Waals surface area contributed by atoms with E-state index >= 15 is 0 Å². The minimum Gasteiger partial charge on any atom is -0.218 e. The quantitative estimate of drug-likeness (QED) is 0.646. The summed E-state index contributed by atoms with van der Waals surface area (Å²) in [6, 6.07) is 10.8. The monoisotopic (exact) mass is 305 g/mol. The van der Waals surface area contributed by atoms with Crippen LogP contribution in [0.15, 0.2) is 58.3 Å². The maximum atomic E-state index is 12.8. The van der Waals surface area contributed by atoms with Crippen molar-refractivity contribution in [2.24, 2.45) is 0 Å². The lowest BCUT2D eigenvalue weighted by atomic mass is 10.2. The molecule has 21 heavy (non-hydrogen) atoms. The topological polar surface area (TPSA) is 57.9 Å². The molecule has 0 saturated heterocycles. The summed E-state index contributed by atoms with van der Waals surface area (Å²) in [6.45, 7) is 0. The smallest absolute Gasteiger partial charge is 0.216 e. The van der Waals surface area contributed by atoms with Crippen molar-refractivity contribution in [3.63, 3.8) is 0 Å². The van der Waals surface area contributed by atoms with E-state index in [4.69, 9.17) is 5.26 Å². The fourth-order valence-corrected chi connectivity index (χ4v) is 2.78. The Hall–Kier alpha value is -2.52. The molecule has 6 heteroatoms. The normalized spacial score (nSPS) is 12.0. The van der Waals surface area contributed by atoms with Crippen LogP contribution in [0.25, 0.3) is 6.08 Å². The molecule has 0 unspecified atom stereocenters. The molecule has 2 aromatic rings. The van der Waals surface area contributed by atoms with Crippen LogP contribution in [0.4, 0.5) is 8.78 Å². The molecular weight excluding hydrogens is 296 g/mol. The third-order valence-electron chi connectivity index (χ3n) is 2.69. The van der Waals surface area contributed by atoms with Crippen molar-refractivity contribution in [3.8, 4) is 6.07 Å². The van der Waals surface area contributed by atoms with Crippen LogP contribution in [-0.4, -0.2) is 8.42 Å². The Morgan fingerprint density at radius 2 is 1.43 bits per heavy atom. The van der Waals surface area contributed by atoms with E-state index in [1.165, 1.54) is 12.1 Å². The molecule has 0 radical (unpaired) electrons. The number of benzene rings is 2.